The SMILES string of the molecule is COc1ccc(-c2nc(-c3cc4cc5c(C)coc5cc4oc3=O)cs2)cc1. The monoisotopic (exact) mass is 389 g/mol. The van der Waals surface area contributed by atoms with Crippen molar-refractivity contribution in [1.82, 2.24) is 4.98 Å². The standard InChI is InChI=1S/C22H15NO4S/c1-12-10-26-20-9-19-14(7-16(12)20)8-17(22(24)27-19)18-11-28-21(23-18)13-3-5-15(25-2)6-4-13/h3-11H,1-2H3. The highest BCUT2D eigenvalue weighted by Crippen LogP contribution is 2.31. The van der Waals surface area contributed by atoms with Gasteiger partial charge in [0.2, 0.25) is 0 Å². The molecular formula is C22H15NO4S. The highest BCUT2D eigenvalue weighted by molar-refractivity contribution is 7.13. The smallest absolute Gasteiger partial charge is 0.345 e. The predicted octanol–water partition coefficient (Wildman–Crippen LogP) is 5.65. The Bertz CT molecular complexity index is 1380. The van der Waals surface area contributed by atoms with E-state index in [2.05, 4.69) is 4.98 Å². The van der Waals surface area contributed by atoms with Gasteiger partial charge in [-0.3, -0.25) is 0 Å². The Morgan fingerprint density at radius 1 is 1.07 bits per heavy atom. The fraction of sp³-hybridized carbons (Fsp3) is 0.0909. The van der Waals surface area contributed by atoms with E-state index in [0.717, 1.165) is 32.7 Å². The van der Waals surface area contributed by atoms with E-state index in [1.807, 2.05) is 48.7 Å². The van der Waals surface area contributed by atoms with Gasteiger partial charge >= 0.3 is 5.63 Å². The van der Waals surface area contributed by atoms with Crippen LogP contribution in [0.1, 0.15) is 5.56 Å². The quantitative estimate of drug-likeness (QED) is 0.373. The van der Waals surface area contributed by atoms with Crippen molar-refractivity contribution in [2.45, 2.75) is 6.92 Å². The van der Waals surface area contributed by atoms with Gasteiger partial charge in [0, 0.05) is 27.8 Å². The molecule has 0 saturated carbocycles. The zero-order chi connectivity index (χ0) is 19.3. The van der Waals surface area contributed by atoms with Gasteiger partial charge in [-0.2, -0.15) is 0 Å². The summed E-state index contributed by atoms with van der Waals surface area (Å²) in [6, 6.07) is 13.2. The van der Waals surface area contributed by atoms with Gasteiger partial charge in [0.15, 0.2) is 0 Å². The number of aryl methyl sites for hydroxylation is 1. The summed E-state index contributed by atoms with van der Waals surface area (Å²) < 4.78 is 16.2. The van der Waals surface area contributed by atoms with Crippen molar-refractivity contribution in [2.24, 2.45) is 0 Å². The van der Waals surface area contributed by atoms with Gasteiger partial charge in [-0.15, -0.1) is 11.3 Å². The summed E-state index contributed by atoms with van der Waals surface area (Å²) in [5.74, 6) is 0.788. The summed E-state index contributed by atoms with van der Waals surface area (Å²) in [4.78, 5) is 17.2. The normalized spacial score (nSPS) is 11.4. The van der Waals surface area contributed by atoms with Gasteiger partial charge in [0.25, 0.3) is 0 Å². The zero-order valence-corrected chi connectivity index (χ0v) is 16.0. The Labute approximate surface area is 163 Å². The average Bonchev–Trinajstić information content (AvgIpc) is 3.33. The second-order valence-electron chi connectivity index (χ2n) is 6.52. The van der Waals surface area contributed by atoms with Crippen LogP contribution in [-0.4, -0.2) is 12.1 Å². The van der Waals surface area contributed by atoms with E-state index in [-0.39, 0.29) is 0 Å². The van der Waals surface area contributed by atoms with E-state index < -0.39 is 5.63 Å². The van der Waals surface area contributed by atoms with Crippen molar-refractivity contribution < 1.29 is 13.6 Å². The molecule has 0 aliphatic carbocycles. The fourth-order valence-electron chi connectivity index (χ4n) is 3.21. The van der Waals surface area contributed by atoms with Crippen molar-refractivity contribution in [3.05, 3.63) is 70.1 Å². The van der Waals surface area contributed by atoms with E-state index in [9.17, 15) is 4.79 Å². The minimum absolute atomic E-state index is 0.415. The maximum Gasteiger partial charge on any atom is 0.345 e. The summed E-state index contributed by atoms with van der Waals surface area (Å²) in [6.45, 7) is 1.99. The molecule has 0 aliphatic rings. The number of thiazole rings is 1. The van der Waals surface area contributed by atoms with Gasteiger partial charge in [0.05, 0.1) is 24.6 Å². The van der Waals surface area contributed by atoms with Gasteiger partial charge in [-0.05, 0) is 48.9 Å². The summed E-state index contributed by atoms with van der Waals surface area (Å²) in [5.41, 5.74) is 3.86. The van der Waals surface area contributed by atoms with E-state index in [1.54, 1.807) is 19.4 Å². The molecular weight excluding hydrogens is 374 g/mol. The summed E-state index contributed by atoms with van der Waals surface area (Å²) >= 11 is 1.48. The van der Waals surface area contributed by atoms with Crippen LogP contribution in [0.2, 0.25) is 0 Å². The molecule has 0 saturated heterocycles. The number of aromatic nitrogens is 1. The molecule has 0 atom stereocenters. The molecule has 0 fully saturated rings. The molecule has 0 unspecified atom stereocenters. The largest absolute Gasteiger partial charge is 0.497 e. The molecule has 3 heterocycles. The van der Waals surface area contributed by atoms with Crippen molar-refractivity contribution in [3.8, 4) is 27.6 Å². The molecule has 0 aliphatic heterocycles. The number of hydrogen-bond acceptors (Lipinski definition) is 6. The first kappa shape index (κ1) is 16.8. The topological polar surface area (TPSA) is 65.5 Å². The third-order valence-corrected chi connectivity index (χ3v) is 5.63. The number of hydrogen-bond donors (Lipinski definition) is 0. The van der Waals surface area contributed by atoms with Gasteiger partial charge < -0.3 is 13.6 Å². The Morgan fingerprint density at radius 3 is 2.68 bits per heavy atom. The first-order chi connectivity index (χ1) is 13.6. The number of furan rings is 1. The molecule has 138 valence electrons. The lowest BCUT2D eigenvalue weighted by atomic mass is 10.1. The molecule has 5 rings (SSSR count). The second-order valence-corrected chi connectivity index (χ2v) is 7.38. The highest BCUT2D eigenvalue weighted by Gasteiger charge is 2.14. The fourth-order valence-corrected chi connectivity index (χ4v) is 4.04. The molecule has 0 spiro atoms. The molecule has 0 bridgehead atoms. The Morgan fingerprint density at radius 2 is 1.89 bits per heavy atom. The third kappa shape index (κ3) is 2.70. The summed E-state index contributed by atoms with van der Waals surface area (Å²) in [5, 5.41) is 4.55. The number of ether oxygens (including phenoxy) is 1. The van der Waals surface area contributed by atoms with Crippen molar-refractivity contribution in [2.75, 3.05) is 7.11 Å². The molecule has 5 nitrogen and oxygen atoms in total. The lowest BCUT2D eigenvalue weighted by Crippen LogP contribution is -2.02. The summed E-state index contributed by atoms with van der Waals surface area (Å²) in [6.07, 6.45) is 1.70. The average molecular weight is 389 g/mol. The molecule has 0 N–H and O–H groups in total. The Kier molecular flexibility index (Phi) is 3.80. The van der Waals surface area contributed by atoms with Crippen LogP contribution < -0.4 is 10.4 Å². The van der Waals surface area contributed by atoms with Crippen LogP contribution in [0.3, 0.4) is 0 Å². The molecule has 2 aromatic carbocycles. The second kappa shape index (κ2) is 6.35. The number of fused-ring (bicyclic) bond motifs is 2. The van der Waals surface area contributed by atoms with Gasteiger partial charge in [-0.1, -0.05) is 0 Å². The van der Waals surface area contributed by atoms with E-state index in [0.29, 0.717) is 22.4 Å². The van der Waals surface area contributed by atoms with E-state index in [4.69, 9.17) is 13.6 Å². The van der Waals surface area contributed by atoms with Crippen molar-refractivity contribution in [1.29, 1.82) is 0 Å². The third-order valence-electron chi connectivity index (χ3n) is 4.74. The van der Waals surface area contributed by atoms with E-state index >= 15 is 0 Å². The van der Waals surface area contributed by atoms with Gasteiger partial charge in [0.1, 0.15) is 21.9 Å². The molecule has 28 heavy (non-hydrogen) atoms. The van der Waals surface area contributed by atoms with Crippen LogP contribution in [0, 0.1) is 6.92 Å². The summed E-state index contributed by atoms with van der Waals surface area (Å²) in [7, 11) is 1.63. The minimum atomic E-state index is -0.415. The Balaban J connectivity index is 1.61. The molecule has 5 aromatic rings. The zero-order valence-electron chi connectivity index (χ0n) is 15.2. The first-order valence-electron chi connectivity index (χ1n) is 8.68. The van der Waals surface area contributed by atoms with Crippen molar-refractivity contribution in [3.63, 3.8) is 0 Å². The molecule has 6 heteroatoms. The molecule has 0 radical (unpaired) electrons. The molecule has 3 aromatic heterocycles. The number of rotatable bonds is 3. The lowest BCUT2D eigenvalue weighted by molar-refractivity contribution is 0.415. The van der Waals surface area contributed by atoms with E-state index in [1.165, 1.54) is 11.3 Å². The van der Waals surface area contributed by atoms with Crippen LogP contribution in [-0.2, 0) is 0 Å². The van der Waals surface area contributed by atoms with Crippen LogP contribution >= 0.6 is 11.3 Å². The lowest BCUT2D eigenvalue weighted by Gasteiger charge is -2.01. The predicted molar refractivity (Wildman–Crippen MR) is 110 cm³/mol. The van der Waals surface area contributed by atoms with Crippen molar-refractivity contribution >= 4 is 33.3 Å². The number of benzene rings is 2. The van der Waals surface area contributed by atoms with Gasteiger partial charge in [-0.25, -0.2) is 9.78 Å². The number of nitrogens with zero attached hydrogens (tertiary/aromatic N) is 1. The van der Waals surface area contributed by atoms with Crippen LogP contribution in [0.5, 0.6) is 5.75 Å². The van der Waals surface area contributed by atoms with Crippen LogP contribution in [0.4, 0.5) is 0 Å². The Hall–Kier alpha value is -3.38. The first-order valence-corrected chi connectivity index (χ1v) is 9.56. The highest BCUT2D eigenvalue weighted by atomic mass is 32.1. The maximum atomic E-state index is 12.6. The number of methoxy groups -OCH3 is 1. The van der Waals surface area contributed by atoms with Crippen LogP contribution in [0.25, 0.3) is 43.8 Å². The minimum Gasteiger partial charge on any atom is -0.497 e. The van der Waals surface area contributed by atoms with Crippen LogP contribution in [0.15, 0.2) is 67.7 Å². The maximum absolute atomic E-state index is 12.6. The molecule has 0 amide bonds.